The van der Waals surface area contributed by atoms with Crippen molar-refractivity contribution in [1.29, 1.82) is 0 Å². The SMILES string of the molecule is C#Cc1nc2c(N)nc(N)nc2n1CCCCCCCCCC. The summed E-state index contributed by atoms with van der Waals surface area (Å²) < 4.78 is 1.92. The number of rotatable bonds is 9. The number of nitrogens with two attached hydrogens (primary N) is 2. The first-order valence-electron chi connectivity index (χ1n) is 8.43. The number of terminal acetylenes is 1. The fourth-order valence-electron chi connectivity index (χ4n) is 2.77. The maximum Gasteiger partial charge on any atom is 0.224 e. The zero-order valence-corrected chi connectivity index (χ0v) is 13.9. The van der Waals surface area contributed by atoms with Crippen molar-refractivity contribution in [2.45, 2.75) is 64.8 Å². The average molecular weight is 314 g/mol. The van der Waals surface area contributed by atoms with Gasteiger partial charge in [0.25, 0.3) is 0 Å². The van der Waals surface area contributed by atoms with E-state index in [0.717, 1.165) is 13.0 Å². The second-order valence-corrected chi connectivity index (χ2v) is 5.85. The lowest BCUT2D eigenvalue weighted by Gasteiger charge is -2.06. The van der Waals surface area contributed by atoms with Gasteiger partial charge in [0.1, 0.15) is 0 Å². The molecule has 0 radical (unpaired) electrons. The topological polar surface area (TPSA) is 95.6 Å². The first-order valence-corrected chi connectivity index (χ1v) is 8.43. The minimum atomic E-state index is 0.149. The molecule has 0 saturated heterocycles. The standard InChI is InChI=1S/C17H26N6/c1-3-5-6-7-8-9-10-11-12-23-13(4-2)20-14-15(18)21-17(19)22-16(14)23/h2H,3,5-12H2,1H3,(H4,18,19,21,22). The van der Waals surface area contributed by atoms with Crippen LogP contribution in [-0.2, 0) is 6.54 Å². The summed E-state index contributed by atoms with van der Waals surface area (Å²) in [4.78, 5) is 12.5. The van der Waals surface area contributed by atoms with Crippen molar-refractivity contribution in [1.82, 2.24) is 19.5 Å². The molecule has 0 amide bonds. The molecular weight excluding hydrogens is 288 g/mol. The molecule has 6 nitrogen and oxygen atoms in total. The number of nitrogens with zero attached hydrogens (tertiary/aromatic N) is 4. The summed E-state index contributed by atoms with van der Waals surface area (Å²) in [5.41, 5.74) is 12.7. The number of anilines is 2. The highest BCUT2D eigenvalue weighted by molar-refractivity contribution is 5.83. The molecule has 2 aromatic rings. The van der Waals surface area contributed by atoms with E-state index in [1.165, 1.54) is 44.9 Å². The Morgan fingerprint density at radius 1 is 0.957 bits per heavy atom. The third kappa shape index (κ3) is 4.35. The Morgan fingerprint density at radius 2 is 1.61 bits per heavy atom. The molecule has 2 rings (SSSR count). The summed E-state index contributed by atoms with van der Waals surface area (Å²) in [6.45, 7) is 3.02. The van der Waals surface area contributed by atoms with Crippen LogP contribution in [-0.4, -0.2) is 19.5 Å². The zero-order chi connectivity index (χ0) is 16.7. The maximum atomic E-state index is 5.85. The fourth-order valence-corrected chi connectivity index (χ4v) is 2.77. The van der Waals surface area contributed by atoms with Crippen LogP contribution < -0.4 is 11.5 Å². The van der Waals surface area contributed by atoms with Crippen molar-refractivity contribution in [3.05, 3.63) is 5.82 Å². The first kappa shape index (κ1) is 17.1. The van der Waals surface area contributed by atoms with Crippen LogP contribution in [0, 0.1) is 12.3 Å². The highest BCUT2D eigenvalue weighted by Gasteiger charge is 2.14. The summed E-state index contributed by atoms with van der Waals surface area (Å²) in [5.74, 6) is 3.56. The van der Waals surface area contributed by atoms with E-state index in [4.69, 9.17) is 17.9 Å². The molecule has 0 bridgehead atoms. The van der Waals surface area contributed by atoms with Crippen LogP contribution in [0.3, 0.4) is 0 Å². The van der Waals surface area contributed by atoms with Crippen molar-refractivity contribution in [2.75, 3.05) is 11.5 Å². The molecule has 0 aromatic carbocycles. The Labute approximate surface area is 137 Å². The van der Waals surface area contributed by atoms with E-state index < -0.39 is 0 Å². The minimum Gasteiger partial charge on any atom is -0.382 e. The van der Waals surface area contributed by atoms with Crippen LogP contribution >= 0.6 is 0 Å². The van der Waals surface area contributed by atoms with Gasteiger partial charge >= 0.3 is 0 Å². The molecule has 0 saturated carbocycles. The van der Waals surface area contributed by atoms with Gasteiger partial charge in [0.05, 0.1) is 0 Å². The largest absolute Gasteiger partial charge is 0.382 e. The summed E-state index contributed by atoms with van der Waals surface area (Å²) in [6, 6.07) is 0. The van der Waals surface area contributed by atoms with Crippen molar-refractivity contribution in [2.24, 2.45) is 0 Å². The van der Waals surface area contributed by atoms with Gasteiger partial charge in [0.15, 0.2) is 22.8 Å². The molecular formula is C17H26N6. The molecule has 0 atom stereocenters. The van der Waals surface area contributed by atoms with Crippen molar-refractivity contribution in [3.63, 3.8) is 0 Å². The lowest BCUT2D eigenvalue weighted by atomic mass is 10.1. The number of imidazole rings is 1. The van der Waals surface area contributed by atoms with Crippen molar-refractivity contribution in [3.8, 4) is 12.3 Å². The van der Waals surface area contributed by atoms with Crippen LogP contribution in [0.2, 0.25) is 0 Å². The van der Waals surface area contributed by atoms with E-state index in [0.29, 0.717) is 17.0 Å². The minimum absolute atomic E-state index is 0.149. The Bertz CT molecular complexity index is 682. The number of aryl methyl sites for hydroxylation is 1. The normalized spacial score (nSPS) is 11.0. The summed E-state index contributed by atoms with van der Waals surface area (Å²) in [6.07, 6.45) is 15.6. The van der Waals surface area contributed by atoms with Gasteiger partial charge in [-0.3, -0.25) is 0 Å². The number of fused-ring (bicyclic) bond motifs is 1. The molecule has 6 heteroatoms. The molecule has 4 N–H and O–H groups in total. The second kappa shape index (κ2) is 8.37. The van der Waals surface area contributed by atoms with Gasteiger partial charge in [-0.1, -0.05) is 51.9 Å². The number of hydrogen-bond acceptors (Lipinski definition) is 5. The molecule has 0 unspecified atom stereocenters. The number of hydrogen-bond donors (Lipinski definition) is 2. The second-order valence-electron chi connectivity index (χ2n) is 5.85. The average Bonchev–Trinajstić information content (AvgIpc) is 2.88. The molecule has 0 aliphatic rings. The highest BCUT2D eigenvalue weighted by atomic mass is 15.2. The molecule has 23 heavy (non-hydrogen) atoms. The third-order valence-electron chi connectivity index (χ3n) is 4.00. The van der Waals surface area contributed by atoms with Gasteiger partial charge < -0.3 is 16.0 Å². The van der Waals surface area contributed by atoms with E-state index in [2.05, 4.69) is 27.8 Å². The Kier molecular flexibility index (Phi) is 6.21. The monoisotopic (exact) mass is 314 g/mol. The van der Waals surface area contributed by atoms with E-state index in [1.54, 1.807) is 0 Å². The van der Waals surface area contributed by atoms with E-state index in [9.17, 15) is 0 Å². The summed E-state index contributed by atoms with van der Waals surface area (Å²) in [5, 5.41) is 0. The molecule has 124 valence electrons. The molecule has 2 heterocycles. The molecule has 0 spiro atoms. The first-order chi connectivity index (χ1) is 11.2. The van der Waals surface area contributed by atoms with Gasteiger partial charge in [-0.15, -0.1) is 6.42 Å². The highest BCUT2D eigenvalue weighted by Crippen LogP contribution is 2.20. The van der Waals surface area contributed by atoms with Crippen LogP contribution in [0.5, 0.6) is 0 Å². The van der Waals surface area contributed by atoms with Gasteiger partial charge in [-0.25, -0.2) is 4.98 Å². The fraction of sp³-hybridized carbons (Fsp3) is 0.588. The molecule has 0 aliphatic heterocycles. The van der Waals surface area contributed by atoms with Crippen LogP contribution in [0.1, 0.15) is 64.1 Å². The quantitative estimate of drug-likeness (QED) is 0.547. The van der Waals surface area contributed by atoms with Crippen molar-refractivity contribution >= 4 is 22.9 Å². The Hall–Kier alpha value is -2.29. The van der Waals surface area contributed by atoms with Gasteiger partial charge in [0, 0.05) is 6.54 Å². The predicted molar refractivity (Wildman–Crippen MR) is 94.7 cm³/mol. The smallest absolute Gasteiger partial charge is 0.224 e. The van der Waals surface area contributed by atoms with E-state index >= 15 is 0 Å². The lowest BCUT2D eigenvalue weighted by Crippen LogP contribution is -2.05. The van der Waals surface area contributed by atoms with Crippen LogP contribution in [0.25, 0.3) is 11.2 Å². The number of unbranched alkanes of at least 4 members (excludes halogenated alkanes) is 7. The van der Waals surface area contributed by atoms with Crippen LogP contribution in [0.15, 0.2) is 0 Å². The number of nitrogen functional groups attached to an aromatic ring is 2. The van der Waals surface area contributed by atoms with Crippen LogP contribution in [0.4, 0.5) is 11.8 Å². The van der Waals surface area contributed by atoms with E-state index in [1.807, 2.05) is 4.57 Å². The zero-order valence-electron chi connectivity index (χ0n) is 13.9. The lowest BCUT2D eigenvalue weighted by molar-refractivity contribution is 0.545. The summed E-state index contributed by atoms with van der Waals surface area (Å²) >= 11 is 0. The molecule has 0 fully saturated rings. The maximum absolute atomic E-state index is 5.85. The number of aromatic nitrogens is 4. The molecule has 0 aliphatic carbocycles. The van der Waals surface area contributed by atoms with Crippen molar-refractivity contribution < 1.29 is 0 Å². The van der Waals surface area contributed by atoms with Gasteiger partial charge in [0.2, 0.25) is 5.95 Å². The van der Waals surface area contributed by atoms with Gasteiger partial charge in [-0.05, 0) is 12.3 Å². The van der Waals surface area contributed by atoms with E-state index in [-0.39, 0.29) is 11.8 Å². The predicted octanol–water partition coefficient (Wildman–Crippen LogP) is 3.11. The Balaban J connectivity index is 1.93. The summed E-state index contributed by atoms with van der Waals surface area (Å²) in [7, 11) is 0. The Morgan fingerprint density at radius 3 is 2.26 bits per heavy atom. The van der Waals surface area contributed by atoms with Gasteiger partial charge in [-0.2, -0.15) is 9.97 Å². The molecule has 2 aromatic heterocycles. The third-order valence-corrected chi connectivity index (χ3v) is 4.00.